The fraction of sp³-hybridized carbons (Fsp3) is 1.00. The van der Waals surface area contributed by atoms with Gasteiger partial charge in [-0.1, -0.05) is 10.4 Å². The van der Waals surface area contributed by atoms with Gasteiger partial charge in [0.2, 0.25) is 0 Å². The predicted molar refractivity (Wildman–Crippen MR) is 61.1 cm³/mol. The second-order valence-corrected chi connectivity index (χ2v) is 8.68. The summed E-state index contributed by atoms with van der Waals surface area (Å²) in [6.45, 7) is 4.16. The van der Waals surface area contributed by atoms with Gasteiger partial charge >= 0.3 is 7.60 Å². The van der Waals surface area contributed by atoms with Gasteiger partial charge in [-0.15, -0.1) is 0 Å². The van der Waals surface area contributed by atoms with E-state index in [2.05, 4.69) is 0 Å². The van der Waals surface area contributed by atoms with Crippen molar-refractivity contribution in [2.45, 2.75) is 13.8 Å². The molecule has 0 heterocycles. The Labute approximate surface area is 87.5 Å². The molecule has 0 aliphatic rings. The molecule has 0 spiro atoms. The van der Waals surface area contributed by atoms with Gasteiger partial charge in [-0.2, -0.15) is 3.89 Å². The first-order valence-electron chi connectivity index (χ1n) is 4.61. The minimum atomic E-state index is -3.03. The Balaban J connectivity index is 4.16. The average Bonchev–Trinajstić information content (AvgIpc) is 2.01. The van der Waals surface area contributed by atoms with Gasteiger partial charge in [0.25, 0.3) is 0 Å². The van der Waals surface area contributed by atoms with Crippen LogP contribution in [0.4, 0.5) is 3.89 Å². The molecule has 14 heavy (non-hydrogen) atoms. The van der Waals surface area contributed by atoms with E-state index in [1.165, 1.54) is 12.5 Å². The quantitative estimate of drug-likeness (QED) is 0.647. The predicted octanol–water partition coefficient (Wildman–Crippen LogP) is 3.20. The fourth-order valence-electron chi connectivity index (χ4n) is 0.889. The van der Waals surface area contributed by atoms with Gasteiger partial charge in [-0.05, 0) is 26.4 Å². The van der Waals surface area contributed by atoms with Gasteiger partial charge in [0.05, 0.1) is 19.4 Å². The molecule has 0 N–H and O–H groups in total. The summed E-state index contributed by atoms with van der Waals surface area (Å²) >= 11 is 0. The molecule has 0 radical (unpaired) electrons. The van der Waals surface area contributed by atoms with Crippen molar-refractivity contribution in [2.75, 3.05) is 37.6 Å². The zero-order valence-electron chi connectivity index (χ0n) is 9.29. The third-order valence-corrected chi connectivity index (χ3v) is 5.05. The molecule has 0 aromatic heterocycles. The lowest BCUT2D eigenvalue weighted by Crippen LogP contribution is -2.06. The molecule has 0 aliphatic carbocycles. The smallest absolute Gasteiger partial charge is 0.309 e. The van der Waals surface area contributed by atoms with E-state index in [9.17, 15) is 8.45 Å². The highest BCUT2D eigenvalue weighted by atomic mass is 32.3. The molecular formula is C8H20FO3PS. The lowest BCUT2D eigenvalue weighted by Gasteiger charge is -2.23. The number of hydrogen-bond acceptors (Lipinski definition) is 3. The van der Waals surface area contributed by atoms with Crippen molar-refractivity contribution in [3.8, 4) is 0 Å². The first-order valence-corrected chi connectivity index (χ1v) is 8.86. The van der Waals surface area contributed by atoms with Crippen LogP contribution in [0.25, 0.3) is 0 Å². The fourth-order valence-corrected chi connectivity index (χ4v) is 4.64. The average molecular weight is 246 g/mol. The first kappa shape index (κ1) is 14.4. The summed E-state index contributed by atoms with van der Waals surface area (Å²) in [5.74, 6) is 0.268. The van der Waals surface area contributed by atoms with Crippen molar-refractivity contribution in [3.05, 3.63) is 0 Å². The monoisotopic (exact) mass is 246 g/mol. The summed E-state index contributed by atoms with van der Waals surface area (Å²) in [5, 5.41) is 0. The van der Waals surface area contributed by atoms with Crippen LogP contribution in [0.3, 0.4) is 0 Å². The van der Waals surface area contributed by atoms with E-state index in [1.54, 1.807) is 13.8 Å². The van der Waals surface area contributed by atoms with Crippen LogP contribution in [0, 0.1) is 0 Å². The summed E-state index contributed by atoms with van der Waals surface area (Å²) in [5.41, 5.74) is 0. The number of hydrogen-bond donors (Lipinski definition) is 0. The topological polar surface area (TPSA) is 35.5 Å². The van der Waals surface area contributed by atoms with E-state index in [0.717, 1.165) is 0 Å². The van der Waals surface area contributed by atoms with Crippen molar-refractivity contribution in [1.29, 1.82) is 0 Å². The minimum absolute atomic E-state index is 0.174. The minimum Gasteiger partial charge on any atom is -0.309 e. The largest absolute Gasteiger partial charge is 0.331 e. The molecule has 0 aliphatic heterocycles. The van der Waals surface area contributed by atoms with Gasteiger partial charge in [0.1, 0.15) is 0 Å². The highest BCUT2D eigenvalue weighted by molar-refractivity contribution is 8.28. The Kier molecular flexibility index (Phi) is 6.30. The molecular weight excluding hydrogens is 226 g/mol. The van der Waals surface area contributed by atoms with Crippen LogP contribution in [0.5, 0.6) is 0 Å². The van der Waals surface area contributed by atoms with Crippen LogP contribution in [-0.4, -0.2) is 37.6 Å². The molecule has 0 saturated carbocycles. The van der Waals surface area contributed by atoms with E-state index < -0.39 is 18.0 Å². The maximum absolute atomic E-state index is 13.3. The van der Waals surface area contributed by atoms with Crippen molar-refractivity contribution in [2.24, 2.45) is 0 Å². The summed E-state index contributed by atoms with van der Waals surface area (Å²) < 4.78 is 35.2. The molecule has 88 valence electrons. The van der Waals surface area contributed by atoms with Crippen molar-refractivity contribution >= 4 is 18.0 Å². The van der Waals surface area contributed by atoms with E-state index in [1.807, 2.05) is 0 Å². The maximum Gasteiger partial charge on any atom is 0.331 e. The van der Waals surface area contributed by atoms with Crippen molar-refractivity contribution < 1.29 is 17.5 Å². The number of halogens is 1. The van der Waals surface area contributed by atoms with Crippen molar-refractivity contribution in [1.82, 2.24) is 0 Å². The summed E-state index contributed by atoms with van der Waals surface area (Å²) in [6.07, 6.45) is 3.25. The molecule has 0 bridgehead atoms. The second-order valence-electron chi connectivity index (χ2n) is 3.28. The molecule has 0 saturated heterocycles. The van der Waals surface area contributed by atoms with Crippen molar-refractivity contribution in [3.63, 3.8) is 0 Å². The van der Waals surface area contributed by atoms with Gasteiger partial charge in [-0.3, -0.25) is 4.57 Å². The standard InChI is InChI=1S/C8H20FO3PS/c1-5-11-13(10,12-6-2)7-8-14(3,4)9/h5-8H2,1-4H3. The zero-order valence-corrected chi connectivity index (χ0v) is 11.0. The van der Waals surface area contributed by atoms with Crippen LogP contribution in [0.15, 0.2) is 0 Å². The third kappa shape index (κ3) is 6.82. The zero-order chi connectivity index (χ0) is 11.2. The molecule has 6 heteroatoms. The van der Waals surface area contributed by atoms with Gasteiger partial charge < -0.3 is 9.05 Å². The Morgan fingerprint density at radius 2 is 1.64 bits per heavy atom. The van der Waals surface area contributed by atoms with Gasteiger partial charge in [-0.25, -0.2) is 0 Å². The molecule has 0 atom stereocenters. The Hall–Kier alpha value is 0.430. The lowest BCUT2D eigenvalue weighted by atomic mass is 10.9. The third-order valence-electron chi connectivity index (χ3n) is 1.50. The van der Waals surface area contributed by atoms with E-state index in [0.29, 0.717) is 13.2 Å². The molecule has 0 aromatic carbocycles. The normalized spacial score (nSPS) is 14.4. The highest BCUT2D eigenvalue weighted by Crippen LogP contribution is 2.52. The summed E-state index contributed by atoms with van der Waals surface area (Å²) in [7, 11) is -5.16. The first-order chi connectivity index (χ1) is 6.33. The highest BCUT2D eigenvalue weighted by Gasteiger charge is 2.25. The van der Waals surface area contributed by atoms with Gasteiger partial charge in [0, 0.05) is 5.75 Å². The summed E-state index contributed by atoms with van der Waals surface area (Å²) in [6, 6.07) is 0. The molecule has 0 aromatic rings. The van der Waals surface area contributed by atoms with Crippen LogP contribution in [0.2, 0.25) is 0 Å². The summed E-state index contributed by atoms with van der Waals surface area (Å²) in [4.78, 5) is 0. The van der Waals surface area contributed by atoms with E-state index in [-0.39, 0.29) is 11.9 Å². The Morgan fingerprint density at radius 3 is 1.93 bits per heavy atom. The molecule has 0 fully saturated rings. The van der Waals surface area contributed by atoms with E-state index in [4.69, 9.17) is 9.05 Å². The van der Waals surface area contributed by atoms with Crippen LogP contribution in [-0.2, 0) is 13.6 Å². The SMILES string of the molecule is CCOP(=O)(CCS(C)(C)F)OCC. The van der Waals surface area contributed by atoms with E-state index >= 15 is 0 Å². The maximum atomic E-state index is 13.3. The van der Waals surface area contributed by atoms with Gasteiger partial charge in [0.15, 0.2) is 0 Å². The van der Waals surface area contributed by atoms with Crippen LogP contribution >= 0.6 is 18.0 Å². The Bertz CT molecular complexity index is 195. The van der Waals surface area contributed by atoms with Crippen LogP contribution in [0.1, 0.15) is 13.8 Å². The molecule has 0 rings (SSSR count). The number of rotatable bonds is 7. The molecule has 0 unspecified atom stereocenters. The molecule has 0 amide bonds. The second kappa shape index (κ2) is 6.11. The molecule has 3 nitrogen and oxygen atoms in total. The Morgan fingerprint density at radius 1 is 1.21 bits per heavy atom. The van der Waals surface area contributed by atoms with Crippen LogP contribution < -0.4 is 0 Å². The lowest BCUT2D eigenvalue weighted by molar-refractivity contribution is 0.221.